The van der Waals surface area contributed by atoms with Crippen LogP contribution in [0.25, 0.3) is 0 Å². The highest BCUT2D eigenvalue weighted by Gasteiger charge is 2.17. The largest absolute Gasteiger partial charge is 0.398 e. The smallest absolute Gasteiger partial charge is 0.0431 e. The SMILES string of the molecule is Cc1c(N)cccc1NCC(C)(C)CCCO. The third-order valence-corrected chi connectivity index (χ3v) is 3.14. The van der Waals surface area contributed by atoms with Crippen LogP contribution in [0, 0.1) is 12.3 Å². The highest BCUT2D eigenvalue weighted by Crippen LogP contribution is 2.25. The van der Waals surface area contributed by atoms with E-state index in [1.54, 1.807) is 0 Å². The van der Waals surface area contributed by atoms with Gasteiger partial charge in [0.1, 0.15) is 0 Å². The first-order chi connectivity index (χ1) is 7.96. The zero-order valence-corrected chi connectivity index (χ0v) is 11.1. The van der Waals surface area contributed by atoms with Crippen molar-refractivity contribution < 1.29 is 5.11 Å². The van der Waals surface area contributed by atoms with E-state index < -0.39 is 0 Å². The van der Waals surface area contributed by atoms with E-state index in [1.165, 1.54) is 0 Å². The van der Waals surface area contributed by atoms with Gasteiger partial charge in [-0.05, 0) is 42.9 Å². The molecule has 0 spiro atoms. The van der Waals surface area contributed by atoms with Crippen LogP contribution in [0.5, 0.6) is 0 Å². The lowest BCUT2D eigenvalue weighted by Crippen LogP contribution is -2.23. The summed E-state index contributed by atoms with van der Waals surface area (Å²) in [6, 6.07) is 5.93. The summed E-state index contributed by atoms with van der Waals surface area (Å²) in [5.74, 6) is 0. The second-order valence-electron chi connectivity index (χ2n) is 5.36. The second-order valence-corrected chi connectivity index (χ2v) is 5.36. The first kappa shape index (κ1) is 13.8. The number of nitrogen functional groups attached to an aromatic ring is 1. The van der Waals surface area contributed by atoms with E-state index in [9.17, 15) is 0 Å². The van der Waals surface area contributed by atoms with Gasteiger partial charge in [-0.1, -0.05) is 19.9 Å². The van der Waals surface area contributed by atoms with Crippen LogP contribution in [-0.4, -0.2) is 18.3 Å². The molecule has 0 bridgehead atoms. The Morgan fingerprint density at radius 3 is 2.71 bits per heavy atom. The minimum Gasteiger partial charge on any atom is -0.398 e. The highest BCUT2D eigenvalue weighted by atomic mass is 16.2. The molecule has 0 heterocycles. The molecule has 1 aromatic carbocycles. The van der Waals surface area contributed by atoms with Crippen LogP contribution < -0.4 is 11.1 Å². The van der Waals surface area contributed by atoms with E-state index in [1.807, 2.05) is 25.1 Å². The highest BCUT2D eigenvalue weighted by molar-refractivity contribution is 5.62. The van der Waals surface area contributed by atoms with Crippen molar-refractivity contribution in [1.82, 2.24) is 0 Å². The maximum absolute atomic E-state index is 8.86. The molecule has 0 atom stereocenters. The minimum atomic E-state index is 0.180. The van der Waals surface area contributed by atoms with Crippen molar-refractivity contribution in [2.24, 2.45) is 5.41 Å². The van der Waals surface area contributed by atoms with Crippen LogP contribution in [0.1, 0.15) is 32.3 Å². The molecule has 0 fully saturated rings. The van der Waals surface area contributed by atoms with Crippen molar-refractivity contribution in [3.8, 4) is 0 Å². The van der Waals surface area contributed by atoms with Gasteiger partial charge in [-0.2, -0.15) is 0 Å². The fourth-order valence-corrected chi connectivity index (χ4v) is 1.83. The Balaban J connectivity index is 2.58. The topological polar surface area (TPSA) is 58.3 Å². The maximum Gasteiger partial charge on any atom is 0.0431 e. The summed E-state index contributed by atoms with van der Waals surface area (Å²) in [5, 5.41) is 12.3. The van der Waals surface area contributed by atoms with Gasteiger partial charge < -0.3 is 16.2 Å². The Kier molecular flexibility index (Phi) is 4.82. The summed E-state index contributed by atoms with van der Waals surface area (Å²) in [7, 11) is 0. The zero-order valence-electron chi connectivity index (χ0n) is 11.1. The summed E-state index contributed by atoms with van der Waals surface area (Å²) < 4.78 is 0. The van der Waals surface area contributed by atoms with Crippen LogP contribution >= 0.6 is 0 Å². The maximum atomic E-state index is 8.86. The first-order valence-electron chi connectivity index (χ1n) is 6.16. The van der Waals surface area contributed by atoms with Gasteiger partial charge in [-0.25, -0.2) is 0 Å². The van der Waals surface area contributed by atoms with E-state index in [4.69, 9.17) is 10.8 Å². The summed E-state index contributed by atoms with van der Waals surface area (Å²) in [6.07, 6.45) is 1.86. The minimum absolute atomic E-state index is 0.180. The molecule has 3 nitrogen and oxygen atoms in total. The van der Waals surface area contributed by atoms with Gasteiger partial charge in [0.15, 0.2) is 0 Å². The summed E-state index contributed by atoms with van der Waals surface area (Å²) in [4.78, 5) is 0. The number of rotatable bonds is 6. The van der Waals surface area contributed by atoms with E-state index in [-0.39, 0.29) is 12.0 Å². The molecule has 0 aliphatic rings. The van der Waals surface area contributed by atoms with Gasteiger partial charge in [-0.3, -0.25) is 0 Å². The molecule has 17 heavy (non-hydrogen) atoms. The normalized spacial score (nSPS) is 11.5. The van der Waals surface area contributed by atoms with E-state index in [0.717, 1.165) is 36.3 Å². The average molecular weight is 236 g/mol. The van der Waals surface area contributed by atoms with Crippen molar-refractivity contribution >= 4 is 11.4 Å². The summed E-state index contributed by atoms with van der Waals surface area (Å²) >= 11 is 0. The molecule has 1 aromatic rings. The van der Waals surface area contributed by atoms with Gasteiger partial charge in [0.25, 0.3) is 0 Å². The second kappa shape index (κ2) is 5.92. The van der Waals surface area contributed by atoms with E-state index in [2.05, 4.69) is 19.2 Å². The lowest BCUT2D eigenvalue weighted by Gasteiger charge is -2.26. The molecule has 0 aromatic heterocycles. The zero-order chi connectivity index (χ0) is 12.9. The fraction of sp³-hybridized carbons (Fsp3) is 0.571. The summed E-state index contributed by atoms with van der Waals surface area (Å²) in [6.45, 7) is 7.59. The monoisotopic (exact) mass is 236 g/mol. The molecule has 1 rings (SSSR count). The third-order valence-electron chi connectivity index (χ3n) is 3.14. The molecule has 0 radical (unpaired) electrons. The molecule has 96 valence electrons. The van der Waals surface area contributed by atoms with Crippen LogP contribution in [0.2, 0.25) is 0 Å². The lowest BCUT2D eigenvalue weighted by atomic mass is 9.87. The first-order valence-corrected chi connectivity index (χ1v) is 6.16. The van der Waals surface area contributed by atoms with Crippen LogP contribution in [0.3, 0.4) is 0 Å². The third kappa shape index (κ3) is 4.27. The van der Waals surface area contributed by atoms with Crippen molar-refractivity contribution in [2.75, 3.05) is 24.2 Å². The van der Waals surface area contributed by atoms with Crippen molar-refractivity contribution in [1.29, 1.82) is 0 Å². The Morgan fingerprint density at radius 2 is 2.06 bits per heavy atom. The Labute approximate surface area is 104 Å². The standard InChI is InChI=1S/C14H24N2O/c1-11-12(15)6-4-7-13(11)16-10-14(2,3)8-5-9-17/h4,6-7,16-17H,5,8-10,15H2,1-3H3. The number of aliphatic hydroxyl groups is 1. The van der Waals surface area contributed by atoms with Gasteiger partial charge in [0.2, 0.25) is 0 Å². The van der Waals surface area contributed by atoms with Crippen LogP contribution in [-0.2, 0) is 0 Å². The van der Waals surface area contributed by atoms with Crippen molar-refractivity contribution in [2.45, 2.75) is 33.6 Å². The fourth-order valence-electron chi connectivity index (χ4n) is 1.83. The molecule has 0 amide bonds. The number of nitrogens with two attached hydrogens (primary N) is 1. The summed E-state index contributed by atoms with van der Waals surface area (Å²) in [5.41, 5.74) is 9.07. The Morgan fingerprint density at radius 1 is 1.35 bits per heavy atom. The molecule has 3 heteroatoms. The Hall–Kier alpha value is -1.22. The van der Waals surface area contributed by atoms with Gasteiger partial charge in [0, 0.05) is 24.5 Å². The van der Waals surface area contributed by atoms with Gasteiger partial charge >= 0.3 is 0 Å². The molecule has 0 saturated heterocycles. The van der Waals surface area contributed by atoms with Crippen molar-refractivity contribution in [3.05, 3.63) is 23.8 Å². The lowest BCUT2D eigenvalue weighted by molar-refractivity contribution is 0.248. The number of benzene rings is 1. The van der Waals surface area contributed by atoms with E-state index in [0.29, 0.717) is 0 Å². The molecule has 4 N–H and O–H groups in total. The van der Waals surface area contributed by atoms with E-state index >= 15 is 0 Å². The molecule has 0 unspecified atom stereocenters. The number of anilines is 2. The Bertz CT molecular complexity index is 361. The molecule has 0 aliphatic carbocycles. The average Bonchev–Trinajstić information content (AvgIpc) is 2.29. The predicted molar refractivity (Wildman–Crippen MR) is 74.2 cm³/mol. The predicted octanol–water partition coefficient (Wildman–Crippen LogP) is 2.79. The van der Waals surface area contributed by atoms with Gasteiger partial charge in [-0.15, -0.1) is 0 Å². The van der Waals surface area contributed by atoms with Gasteiger partial charge in [0.05, 0.1) is 0 Å². The molecular formula is C14H24N2O. The number of aliphatic hydroxyl groups excluding tert-OH is 1. The number of hydrogen-bond acceptors (Lipinski definition) is 3. The van der Waals surface area contributed by atoms with Crippen molar-refractivity contribution in [3.63, 3.8) is 0 Å². The molecular weight excluding hydrogens is 212 g/mol. The number of nitrogens with one attached hydrogen (secondary N) is 1. The van der Waals surface area contributed by atoms with Crippen LogP contribution in [0.4, 0.5) is 11.4 Å². The quantitative estimate of drug-likeness (QED) is 0.666. The number of hydrogen-bond donors (Lipinski definition) is 3. The molecule has 0 saturated carbocycles. The van der Waals surface area contributed by atoms with Crippen LogP contribution in [0.15, 0.2) is 18.2 Å². The molecule has 0 aliphatic heterocycles.